The number of nitrogens with zero attached hydrogens (tertiary/aromatic N) is 3. The highest BCUT2D eigenvalue weighted by molar-refractivity contribution is 7.86. The first-order chi connectivity index (χ1) is 9.09. The summed E-state index contributed by atoms with van der Waals surface area (Å²) in [5, 5.41) is 9.37. The maximum absolute atomic E-state index is 12.6. The second-order valence-corrected chi connectivity index (χ2v) is 7.17. The van der Waals surface area contributed by atoms with Crippen LogP contribution in [0, 0.1) is 0 Å². The summed E-state index contributed by atoms with van der Waals surface area (Å²) < 4.78 is 28.3. The molecule has 0 aromatic carbocycles. The Morgan fingerprint density at radius 1 is 1.11 bits per heavy atom. The number of aliphatic hydroxyl groups is 1. The summed E-state index contributed by atoms with van der Waals surface area (Å²) in [6.45, 7) is 6.25. The maximum Gasteiger partial charge on any atom is 0.282 e. The molecule has 0 aromatic rings. The van der Waals surface area contributed by atoms with Crippen LogP contribution in [0.4, 0.5) is 0 Å². The molecule has 1 atom stereocenters. The monoisotopic (exact) mass is 291 g/mol. The Kier molecular flexibility index (Phi) is 5.19. The smallest absolute Gasteiger partial charge is 0.282 e. The zero-order valence-electron chi connectivity index (χ0n) is 11.7. The molecular weight excluding hydrogens is 266 g/mol. The van der Waals surface area contributed by atoms with Crippen LogP contribution in [-0.4, -0.2) is 79.0 Å². The molecular formula is C12H25N3O3S. The third-order valence-corrected chi connectivity index (χ3v) is 6.28. The molecule has 2 fully saturated rings. The van der Waals surface area contributed by atoms with Gasteiger partial charge in [0.2, 0.25) is 0 Å². The summed E-state index contributed by atoms with van der Waals surface area (Å²) in [5.41, 5.74) is 0. The Morgan fingerprint density at radius 2 is 1.79 bits per heavy atom. The van der Waals surface area contributed by atoms with Crippen molar-refractivity contribution in [3.8, 4) is 0 Å². The van der Waals surface area contributed by atoms with E-state index in [2.05, 4.69) is 11.8 Å². The van der Waals surface area contributed by atoms with E-state index in [1.54, 1.807) is 4.31 Å². The lowest BCUT2D eigenvalue weighted by molar-refractivity contribution is 0.137. The molecule has 0 amide bonds. The molecule has 2 saturated heterocycles. The van der Waals surface area contributed by atoms with Crippen molar-refractivity contribution in [3.63, 3.8) is 0 Å². The molecule has 2 aliphatic rings. The number of rotatable bonds is 4. The van der Waals surface area contributed by atoms with Crippen molar-refractivity contribution < 1.29 is 13.5 Å². The number of likely N-dealkylation sites (N-methyl/N-ethyl adjacent to an activating group) is 1. The third kappa shape index (κ3) is 3.28. The second kappa shape index (κ2) is 6.49. The first-order valence-corrected chi connectivity index (χ1v) is 8.59. The highest BCUT2D eigenvalue weighted by Crippen LogP contribution is 2.23. The van der Waals surface area contributed by atoms with Gasteiger partial charge < -0.3 is 10.0 Å². The van der Waals surface area contributed by atoms with Crippen LogP contribution >= 0.6 is 0 Å². The van der Waals surface area contributed by atoms with Gasteiger partial charge in [0.25, 0.3) is 10.2 Å². The van der Waals surface area contributed by atoms with Gasteiger partial charge in [-0.25, -0.2) is 0 Å². The van der Waals surface area contributed by atoms with Crippen LogP contribution in [0.25, 0.3) is 0 Å². The maximum atomic E-state index is 12.6. The van der Waals surface area contributed by atoms with Crippen molar-refractivity contribution in [2.45, 2.75) is 32.2 Å². The van der Waals surface area contributed by atoms with Gasteiger partial charge in [-0.2, -0.15) is 17.0 Å². The lowest BCUT2D eigenvalue weighted by Crippen LogP contribution is -2.56. The van der Waals surface area contributed by atoms with Crippen molar-refractivity contribution in [1.29, 1.82) is 0 Å². The largest absolute Gasteiger partial charge is 0.395 e. The van der Waals surface area contributed by atoms with Gasteiger partial charge in [0.1, 0.15) is 0 Å². The van der Waals surface area contributed by atoms with E-state index in [4.69, 9.17) is 0 Å². The SMILES string of the molecule is CCN1CCN(S(=O)(=O)N2CCCCC2CO)CC1. The van der Waals surface area contributed by atoms with Crippen molar-refractivity contribution >= 4 is 10.2 Å². The number of hydrogen-bond acceptors (Lipinski definition) is 4. The molecule has 19 heavy (non-hydrogen) atoms. The minimum absolute atomic E-state index is 0.0752. The van der Waals surface area contributed by atoms with Crippen LogP contribution in [0.2, 0.25) is 0 Å². The zero-order chi connectivity index (χ0) is 13.9. The Labute approximate surface area is 116 Å². The van der Waals surface area contributed by atoms with E-state index in [0.717, 1.165) is 38.9 Å². The van der Waals surface area contributed by atoms with Crippen LogP contribution in [0.1, 0.15) is 26.2 Å². The van der Waals surface area contributed by atoms with Crippen molar-refractivity contribution in [1.82, 2.24) is 13.5 Å². The summed E-state index contributed by atoms with van der Waals surface area (Å²) >= 11 is 0. The molecule has 0 aliphatic carbocycles. The second-order valence-electron chi connectivity index (χ2n) is 5.28. The fourth-order valence-corrected chi connectivity index (χ4v) is 4.72. The Hall–Kier alpha value is -0.210. The molecule has 6 nitrogen and oxygen atoms in total. The van der Waals surface area contributed by atoms with Crippen LogP contribution in [0.3, 0.4) is 0 Å². The summed E-state index contributed by atoms with van der Waals surface area (Å²) in [5.74, 6) is 0. The summed E-state index contributed by atoms with van der Waals surface area (Å²) in [6.07, 6.45) is 2.66. The fraction of sp³-hybridized carbons (Fsp3) is 1.00. The topological polar surface area (TPSA) is 64.1 Å². The summed E-state index contributed by atoms with van der Waals surface area (Å²) in [4.78, 5) is 2.26. The lowest BCUT2D eigenvalue weighted by Gasteiger charge is -2.40. The van der Waals surface area contributed by atoms with Gasteiger partial charge >= 0.3 is 0 Å². The first kappa shape index (κ1) is 15.2. The van der Waals surface area contributed by atoms with E-state index >= 15 is 0 Å². The van der Waals surface area contributed by atoms with Gasteiger partial charge in [-0.05, 0) is 19.4 Å². The van der Waals surface area contributed by atoms with Crippen molar-refractivity contribution in [3.05, 3.63) is 0 Å². The predicted molar refractivity (Wildman–Crippen MR) is 74.0 cm³/mol. The molecule has 0 saturated carbocycles. The third-order valence-electron chi connectivity index (χ3n) is 4.18. The summed E-state index contributed by atoms with van der Waals surface area (Å²) in [6, 6.07) is -0.233. The van der Waals surface area contributed by atoms with E-state index in [9.17, 15) is 13.5 Å². The molecule has 0 bridgehead atoms. The van der Waals surface area contributed by atoms with Crippen molar-refractivity contribution in [2.75, 3.05) is 45.9 Å². The molecule has 0 aromatic heterocycles. The molecule has 112 valence electrons. The van der Waals surface area contributed by atoms with Crippen LogP contribution < -0.4 is 0 Å². The molecule has 7 heteroatoms. The predicted octanol–water partition coefficient (Wildman–Crippen LogP) is -0.284. The molecule has 2 heterocycles. The lowest BCUT2D eigenvalue weighted by atomic mass is 10.1. The number of piperidine rings is 1. The van der Waals surface area contributed by atoms with E-state index in [1.807, 2.05) is 0 Å². The van der Waals surface area contributed by atoms with E-state index in [-0.39, 0.29) is 12.6 Å². The average Bonchev–Trinajstić information content (AvgIpc) is 2.47. The Balaban J connectivity index is 2.05. The van der Waals surface area contributed by atoms with Gasteiger partial charge in [0.15, 0.2) is 0 Å². The first-order valence-electron chi connectivity index (χ1n) is 7.19. The standard InChI is InChI=1S/C12H25N3O3S/c1-2-13-7-9-14(10-8-13)19(17,18)15-6-4-3-5-12(15)11-16/h12,16H,2-11H2,1H3. The molecule has 2 rings (SSSR count). The van der Waals surface area contributed by atoms with E-state index in [0.29, 0.717) is 19.6 Å². The highest BCUT2D eigenvalue weighted by atomic mass is 32.2. The van der Waals surface area contributed by atoms with Crippen LogP contribution in [-0.2, 0) is 10.2 Å². The summed E-state index contributed by atoms with van der Waals surface area (Å²) in [7, 11) is -3.40. The van der Waals surface area contributed by atoms with Gasteiger partial charge in [0, 0.05) is 38.8 Å². The van der Waals surface area contributed by atoms with Gasteiger partial charge in [-0.3, -0.25) is 0 Å². The minimum Gasteiger partial charge on any atom is -0.395 e. The average molecular weight is 291 g/mol. The Morgan fingerprint density at radius 3 is 2.37 bits per heavy atom. The van der Waals surface area contributed by atoms with E-state index in [1.165, 1.54) is 4.31 Å². The Bertz CT molecular complexity index is 380. The van der Waals surface area contributed by atoms with Gasteiger partial charge in [-0.15, -0.1) is 0 Å². The van der Waals surface area contributed by atoms with Crippen molar-refractivity contribution in [2.24, 2.45) is 0 Å². The normalized spacial score (nSPS) is 28.6. The highest BCUT2D eigenvalue weighted by Gasteiger charge is 2.37. The number of hydrogen-bond donors (Lipinski definition) is 1. The van der Waals surface area contributed by atoms with Crippen LogP contribution in [0.5, 0.6) is 0 Å². The van der Waals surface area contributed by atoms with Gasteiger partial charge in [0.05, 0.1) is 6.61 Å². The van der Waals surface area contributed by atoms with Gasteiger partial charge in [-0.1, -0.05) is 13.3 Å². The molecule has 0 radical (unpaired) electrons. The molecule has 2 aliphatic heterocycles. The number of piperazine rings is 1. The van der Waals surface area contributed by atoms with Crippen LogP contribution in [0.15, 0.2) is 0 Å². The van der Waals surface area contributed by atoms with E-state index < -0.39 is 10.2 Å². The molecule has 0 spiro atoms. The fourth-order valence-electron chi connectivity index (χ4n) is 2.89. The minimum atomic E-state index is -3.40. The quantitative estimate of drug-likeness (QED) is 0.773. The zero-order valence-corrected chi connectivity index (χ0v) is 12.5. The molecule has 1 unspecified atom stereocenters. The number of aliphatic hydroxyl groups excluding tert-OH is 1. The molecule has 1 N–H and O–H groups in total.